The van der Waals surface area contributed by atoms with Gasteiger partial charge in [-0.15, -0.1) is 0 Å². The Balaban J connectivity index is 1.85. The Morgan fingerprint density at radius 3 is 2.70 bits per heavy atom. The van der Waals surface area contributed by atoms with E-state index in [2.05, 4.69) is 34.0 Å². The lowest BCUT2D eigenvalue weighted by atomic mass is 10.1. The van der Waals surface area contributed by atoms with Gasteiger partial charge >= 0.3 is 6.09 Å². The molecular weight excluding hydrogens is 358 g/mol. The molecule has 23 heavy (non-hydrogen) atoms. The molecule has 1 aromatic heterocycles. The Kier molecular flexibility index (Phi) is 4.12. The predicted octanol–water partition coefficient (Wildman–Crippen LogP) is 4.23. The van der Waals surface area contributed by atoms with Gasteiger partial charge in [0.2, 0.25) is 0 Å². The van der Waals surface area contributed by atoms with E-state index in [1.165, 1.54) is 0 Å². The van der Waals surface area contributed by atoms with Crippen molar-refractivity contribution in [2.24, 2.45) is 5.92 Å². The highest BCUT2D eigenvalue weighted by molar-refractivity contribution is 9.10. The molecule has 0 bridgehead atoms. The summed E-state index contributed by atoms with van der Waals surface area (Å²) in [7, 11) is 0. The van der Waals surface area contributed by atoms with Crippen molar-refractivity contribution in [1.82, 2.24) is 14.7 Å². The number of aromatic nitrogens is 2. The van der Waals surface area contributed by atoms with Crippen LogP contribution in [0.1, 0.15) is 33.7 Å². The van der Waals surface area contributed by atoms with Crippen molar-refractivity contribution in [3.05, 3.63) is 28.9 Å². The Morgan fingerprint density at radius 2 is 2.00 bits per heavy atom. The third-order valence-corrected chi connectivity index (χ3v) is 4.69. The smallest absolute Gasteiger partial charge is 0.410 e. The Bertz CT molecular complexity index is 735. The van der Waals surface area contributed by atoms with Crippen molar-refractivity contribution >= 4 is 32.9 Å². The van der Waals surface area contributed by atoms with E-state index in [9.17, 15) is 4.79 Å². The van der Waals surface area contributed by atoms with Gasteiger partial charge in [-0.25, -0.2) is 4.79 Å². The highest BCUT2D eigenvalue weighted by atomic mass is 79.9. The van der Waals surface area contributed by atoms with Crippen molar-refractivity contribution in [2.75, 3.05) is 13.1 Å². The molecule has 0 spiro atoms. The minimum atomic E-state index is -0.472. The molecule has 1 aromatic carbocycles. The van der Waals surface area contributed by atoms with E-state index in [4.69, 9.17) is 4.74 Å². The van der Waals surface area contributed by atoms with Crippen LogP contribution in [0, 0.1) is 5.92 Å². The second-order valence-electron chi connectivity index (χ2n) is 7.18. The highest BCUT2D eigenvalue weighted by Gasteiger charge is 2.37. The fourth-order valence-corrected chi connectivity index (χ4v) is 3.55. The zero-order valence-electron chi connectivity index (χ0n) is 13.9. The van der Waals surface area contributed by atoms with Crippen LogP contribution >= 0.6 is 15.9 Å². The fourth-order valence-electron chi connectivity index (χ4n) is 3.05. The monoisotopic (exact) mass is 379 g/mol. The van der Waals surface area contributed by atoms with Crippen LogP contribution in [0.5, 0.6) is 0 Å². The number of hydrogen-bond donors (Lipinski definition) is 0. The van der Waals surface area contributed by atoms with Gasteiger partial charge < -0.3 is 9.64 Å². The first-order chi connectivity index (χ1) is 10.8. The molecule has 1 aliphatic heterocycles. The average Bonchev–Trinajstić information content (AvgIpc) is 2.99. The molecular formula is C17H22BrN3O2. The average molecular weight is 380 g/mol. The van der Waals surface area contributed by atoms with Crippen LogP contribution in [0.2, 0.25) is 0 Å². The summed E-state index contributed by atoms with van der Waals surface area (Å²) in [6.07, 6.45) is -0.248. The van der Waals surface area contributed by atoms with E-state index in [1.807, 2.05) is 43.7 Å². The molecule has 3 rings (SSSR count). The lowest BCUT2D eigenvalue weighted by Gasteiger charge is -2.24. The zero-order chi connectivity index (χ0) is 16.8. The first-order valence-corrected chi connectivity index (χ1v) is 8.66. The molecule has 124 valence electrons. The van der Waals surface area contributed by atoms with E-state index < -0.39 is 5.60 Å². The summed E-state index contributed by atoms with van der Waals surface area (Å²) in [4.78, 5) is 14.1. The SMILES string of the molecule is C[C@@H]1CN(C(=O)OC(C)(C)C)C[C@@H]1n1nc(Br)c2ccccc21. The third kappa shape index (κ3) is 3.22. The fraction of sp³-hybridized carbons (Fsp3) is 0.529. The van der Waals surface area contributed by atoms with Gasteiger partial charge in [-0.1, -0.05) is 25.1 Å². The van der Waals surface area contributed by atoms with Gasteiger partial charge in [-0.2, -0.15) is 5.10 Å². The molecule has 0 unspecified atom stereocenters. The van der Waals surface area contributed by atoms with E-state index >= 15 is 0 Å². The second-order valence-corrected chi connectivity index (χ2v) is 7.93. The Morgan fingerprint density at radius 1 is 1.30 bits per heavy atom. The summed E-state index contributed by atoms with van der Waals surface area (Å²) in [6.45, 7) is 9.12. The van der Waals surface area contributed by atoms with Gasteiger partial charge in [0.15, 0.2) is 0 Å². The number of hydrogen-bond acceptors (Lipinski definition) is 3. The first kappa shape index (κ1) is 16.3. The standard InChI is InChI=1S/C17H22BrN3O2/c1-11-9-20(16(22)23-17(2,3)4)10-14(11)21-13-8-6-5-7-12(13)15(18)19-21/h5-8,11,14H,9-10H2,1-4H3/t11-,14+/m1/s1. The van der Waals surface area contributed by atoms with Crippen LogP contribution in [0.3, 0.4) is 0 Å². The number of carbonyl (C=O) groups excluding carboxylic acids is 1. The quantitative estimate of drug-likeness (QED) is 0.744. The summed E-state index contributed by atoms with van der Waals surface area (Å²) < 4.78 is 8.37. The number of rotatable bonds is 1. The summed E-state index contributed by atoms with van der Waals surface area (Å²) in [5.74, 6) is 0.317. The molecule has 1 amide bonds. The molecule has 1 aliphatic rings. The molecule has 6 heteroatoms. The predicted molar refractivity (Wildman–Crippen MR) is 93.4 cm³/mol. The molecule has 0 radical (unpaired) electrons. The molecule has 1 saturated heterocycles. The normalized spacial score (nSPS) is 21.9. The Labute approximate surface area is 144 Å². The zero-order valence-corrected chi connectivity index (χ0v) is 15.5. The van der Waals surface area contributed by atoms with Crippen molar-refractivity contribution in [2.45, 2.75) is 39.3 Å². The van der Waals surface area contributed by atoms with Crippen LogP contribution < -0.4 is 0 Å². The maximum Gasteiger partial charge on any atom is 0.410 e. The largest absolute Gasteiger partial charge is 0.444 e. The number of likely N-dealkylation sites (tertiary alicyclic amines) is 1. The Hall–Kier alpha value is -1.56. The molecule has 0 N–H and O–H groups in total. The van der Waals surface area contributed by atoms with Gasteiger partial charge in [0.05, 0.1) is 11.6 Å². The van der Waals surface area contributed by atoms with Crippen LogP contribution in [-0.2, 0) is 4.74 Å². The van der Waals surface area contributed by atoms with Gasteiger partial charge in [0.1, 0.15) is 10.2 Å². The minimum Gasteiger partial charge on any atom is -0.444 e. The molecule has 2 atom stereocenters. The minimum absolute atomic E-state index is 0.152. The van der Waals surface area contributed by atoms with Crippen LogP contribution in [-0.4, -0.2) is 39.5 Å². The van der Waals surface area contributed by atoms with E-state index in [0.717, 1.165) is 15.5 Å². The van der Waals surface area contributed by atoms with E-state index in [-0.39, 0.29) is 12.1 Å². The number of para-hydroxylation sites is 1. The van der Waals surface area contributed by atoms with Gasteiger partial charge in [0, 0.05) is 18.5 Å². The summed E-state index contributed by atoms with van der Waals surface area (Å²) in [6, 6.07) is 8.28. The summed E-state index contributed by atoms with van der Waals surface area (Å²) >= 11 is 3.53. The number of ether oxygens (including phenoxy) is 1. The molecule has 0 aliphatic carbocycles. The molecule has 5 nitrogen and oxygen atoms in total. The van der Waals surface area contributed by atoms with Gasteiger partial charge in [-0.3, -0.25) is 4.68 Å². The number of amides is 1. The topological polar surface area (TPSA) is 47.4 Å². The lowest BCUT2D eigenvalue weighted by molar-refractivity contribution is 0.0285. The summed E-state index contributed by atoms with van der Waals surface area (Å²) in [5, 5.41) is 5.74. The van der Waals surface area contributed by atoms with Crippen LogP contribution in [0.4, 0.5) is 4.79 Å². The number of nitrogens with zero attached hydrogens (tertiary/aromatic N) is 3. The van der Waals surface area contributed by atoms with Gasteiger partial charge in [-0.05, 0) is 48.7 Å². The third-order valence-electron chi connectivity index (χ3n) is 4.11. The molecule has 1 fully saturated rings. The van der Waals surface area contributed by atoms with Crippen LogP contribution in [0.15, 0.2) is 28.9 Å². The van der Waals surface area contributed by atoms with Crippen LogP contribution in [0.25, 0.3) is 10.9 Å². The first-order valence-electron chi connectivity index (χ1n) is 7.87. The van der Waals surface area contributed by atoms with Crippen molar-refractivity contribution in [3.8, 4) is 0 Å². The van der Waals surface area contributed by atoms with E-state index in [1.54, 1.807) is 4.90 Å². The summed E-state index contributed by atoms with van der Waals surface area (Å²) in [5.41, 5.74) is 0.613. The maximum atomic E-state index is 12.3. The van der Waals surface area contributed by atoms with Gasteiger partial charge in [0.25, 0.3) is 0 Å². The highest BCUT2D eigenvalue weighted by Crippen LogP contribution is 2.33. The van der Waals surface area contributed by atoms with Crippen molar-refractivity contribution < 1.29 is 9.53 Å². The molecule has 2 aromatic rings. The molecule has 2 heterocycles. The molecule has 0 saturated carbocycles. The number of halogens is 1. The lowest BCUT2D eigenvalue weighted by Crippen LogP contribution is -2.35. The number of carbonyl (C=O) groups is 1. The maximum absolute atomic E-state index is 12.3. The van der Waals surface area contributed by atoms with Crippen molar-refractivity contribution in [3.63, 3.8) is 0 Å². The van der Waals surface area contributed by atoms with E-state index in [0.29, 0.717) is 19.0 Å². The van der Waals surface area contributed by atoms with Crippen molar-refractivity contribution in [1.29, 1.82) is 0 Å². The number of fused-ring (bicyclic) bond motifs is 1. The number of benzene rings is 1. The second kappa shape index (κ2) is 5.82.